The van der Waals surface area contributed by atoms with Crippen LogP contribution in [0.5, 0.6) is 0 Å². The van der Waals surface area contributed by atoms with E-state index in [1.807, 2.05) is 0 Å². The van der Waals surface area contributed by atoms with E-state index in [4.69, 9.17) is 5.11 Å². The number of nitrogens with zero attached hydrogens (tertiary/aromatic N) is 6. The van der Waals surface area contributed by atoms with Crippen molar-refractivity contribution >= 4 is 11.9 Å². The van der Waals surface area contributed by atoms with Crippen LogP contribution in [0.15, 0.2) is 12.5 Å². The van der Waals surface area contributed by atoms with E-state index in [0.717, 1.165) is 6.33 Å². The van der Waals surface area contributed by atoms with Gasteiger partial charge in [-0.25, -0.2) is 4.79 Å². The number of hydrogen-bond acceptors (Lipinski definition) is 6. The number of nitro groups is 1. The Hall–Kier alpha value is -2.78. The second kappa shape index (κ2) is 4.24. The van der Waals surface area contributed by atoms with Gasteiger partial charge < -0.3 is 15.2 Å². The summed E-state index contributed by atoms with van der Waals surface area (Å²) in [6, 6.07) is 0. The second-order valence-corrected chi connectivity index (χ2v) is 3.43. The monoisotopic (exact) mass is 252 g/mol. The highest BCUT2D eigenvalue weighted by Crippen LogP contribution is 2.10. The van der Waals surface area contributed by atoms with E-state index in [-0.39, 0.29) is 12.1 Å². The van der Waals surface area contributed by atoms with E-state index < -0.39 is 16.8 Å². The van der Waals surface area contributed by atoms with Gasteiger partial charge in [-0.15, -0.1) is 0 Å². The van der Waals surface area contributed by atoms with Crippen molar-refractivity contribution < 1.29 is 14.8 Å². The van der Waals surface area contributed by atoms with Crippen LogP contribution >= 0.6 is 0 Å². The van der Waals surface area contributed by atoms with Crippen LogP contribution in [0.2, 0.25) is 0 Å². The Labute approximate surface area is 99.6 Å². The third kappa shape index (κ3) is 2.03. The summed E-state index contributed by atoms with van der Waals surface area (Å²) in [7, 11) is 1.58. The number of hydrogen-bond donors (Lipinski definition) is 1. The van der Waals surface area contributed by atoms with E-state index in [0.29, 0.717) is 5.69 Å². The van der Waals surface area contributed by atoms with Crippen LogP contribution in [0, 0.1) is 10.1 Å². The molecule has 0 aromatic carbocycles. The van der Waals surface area contributed by atoms with Crippen LogP contribution in [0.1, 0.15) is 16.1 Å². The van der Waals surface area contributed by atoms with E-state index in [9.17, 15) is 14.9 Å². The molecule has 0 aliphatic carbocycles. The average molecular weight is 252 g/mol. The Kier molecular flexibility index (Phi) is 2.75. The van der Waals surface area contributed by atoms with E-state index >= 15 is 0 Å². The quantitative estimate of drug-likeness (QED) is 0.582. The summed E-state index contributed by atoms with van der Waals surface area (Å²) in [5.41, 5.74) is 0.401. The van der Waals surface area contributed by atoms with Gasteiger partial charge in [0.25, 0.3) is 0 Å². The van der Waals surface area contributed by atoms with E-state index in [1.165, 1.54) is 15.6 Å². The molecule has 0 bridgehead atoms. The van der Waals surface area contributed by atoms with Gasteiger partial charge in [0.05, 0.1) is 11.9 Å². The molecule has 2 aromatic heterocycles. The van der Waals surface area contributed by atoms with Crippen molar-refractivity contribution in [3.63, 3.8) is 0 Å². The minimum absolute atomic E-state index is 0.0238. The molecule has 1 N–H and O–H groups in total. The molecule has 2 rings (SSSR count). The van der Waals surface area contributed by atoms with Crippen LogP contribution in [-0.4, -0.2) is 40.5 Å². The molecule has 0 saturated carbocycles. The Morgan fingerprint density at radius 3 is 2.89 bits per heavy atom. The number of rotatable bonds is 4. The minimum atomic E-state index is -1.12. The molecule has 94 valence electrons. The fraction of sp³-hybridized carbons (Fsp3) is 0.250. The lowest BCUT2D eigenvalue weighted by molar-refractivity contribution is -0.394. The zero-order valence-electron chi connectivity index (χ0n) is 9.22. The number of aryl methyl sites for hydroxylation is 1. The van der Waals surface area contributed by atoms with Crippen molar-refractivity contribution in [2.24, 2.45) is 7.05 Å². The Morgan fingerprint density at radius 1 is 1.61 bits per heavy atom. The zero-order chi connectivity index (χ0) is 13.3. The molecule has 2 aromatic rings. The summed E-state index contributed by atoms with van der Waals surface area (Å²) in [5, 5.41) is 26.8. The zero-order valence-corrected chi connectivity index (χ0v) is 9.22. The molecule has 0 saturated heterocycles. The average Bonchev–Trinajstić information content (AvgIpc) is 2.88. The van der Waals surface area contributed by atoms with Crippen molar-refractivity contribution in [1.82, 2.24) is 24.5 Å². The summed E-state index contributed by atoms with van der Waals surface area (Å²) in [4.78, 5) is 24.1. The number of aromatic nitrogens is 5. The molecule has 0 spiro atoms. The first-order valence-corrected chi connectivity index (χ1v) is 4.77. The number of carbonyl (C=O) groups is 1. The molecule has 18 heavy (non-hydrogen) atoms. The standard InChI is InChI=1S/C8H8N6O4/c1-12-6(5(2-10-12)7(15)16)3-13-4-9-8(11-13)14(17)18/h2,4H,3H2,1H3,(H,15,16). The van der Waals surface area contributed by atoms with Crippen molar-refractivity contribution in [2.45, 2.75) is 6.54 Å². The van der Waals surface area contributed by atoms with Gasteiger partial charge in [-0.3, -0.25) is 4.68 Å². The predicted molar refractivity (Wildman–Crippen MR) is 55.9 cm³/mol. The molecule has 0 aliphatic rings. The number of carboxylic acids is 1. The Morgan fingerprint density at radius 2 is 2.33 bits per heavy atom. The van der Waals surface area contributed by atoms with Crippen LogP contribution in [0.4, 0.5) is 5.95 Å². The van der Waals surface area contributed by atoms with Crippen molar-refractivity contribution in [1.29, 1.82) is 0 Å². The maximum atomic E-state index is 10.9. The highest BCUT2D eigenvalue weighted by atomic mass is 16.6. The van der Waals surface area contributed by atoms with Gasteiger partial charge >= 0.3 is 11.9 Å². The first-order valence-electron chi connectivity index (χ1n) is 4.77. The maximum absolute atomic E-state index is 10.9. The van der Waals surface area contributed by atoms with E-state index in [1.54, 1.807) is 7.05 Å². The second-order valence-electron chi connectivity index (χ2n) is 3.43. The smallest absolute Gasteiger partial charge is 0.478 e. The van der Waals surface area contributed by atoms with Gasteiger partial charge in [0.1, 0.15) is 12.1 Å². The predicted octanol–water partition coefficient (Wildman–Crippen LogP) is -0.334. The lowest BCUT2D eigenvalue weighted by Crippen LogP contribution is -2.10. The number of carboxylic acid groups (broad SMARTS) is 1. The van der Waals surface area contributed by atoms with Gasteiger partial charge in [-0.2, -0.15) is 9.78 Å². The van der Waals surface area contributed by atoms with E-state index in [2.05, 4.69) is 15.2 Å². The Bertz CT molecular complexity index is 615. The summed E-state index contributed by atoms with van der Waals surface area (Å²) in [6.07, 6.45) is 2.37. The molecule has 0 unspecified atom stereocenters. The molecule has 0 amide bonds. The molecule has 10 nitrogen and oxygen atoms in total. The van der Waals surface area contributed by atoms with Crippen molar-refractivity contribution in [3.05, 3.63) is 33.9 Å². The molecular weight excluding hydrogens is 244 g/mol. The molecular formula is C8H8N6O4. The van der Waals surface area contributed by atoms with Crippen LogP contribution in [-0.2, 0) is 13.6 Å². The van der Waals surface area contributed by atoms with Crippen LogP contribution in [0.25, 0.3) is 0 Å². The summed E-state index contributed by atoms with van der Waals surface area (Å²) < 4.78 is 2.55. The molecule has 2 heterocycles. The largest absolute Gasteiger partial charge is 0.490 e. The summed E-state index contributed by atoms with van der Waals surface area (Å²) in [5.74, 6) is -1.65. The fourth-order valence-corrected chi connectivity index (χ4v) is 1.43. The summed E-state index contributed by atoms with van der Waals surface area (Å²) in [6.45, 7) is 0.0406. The van der Waals surface area contributed by atoms with Crippen LogP contribution < -0.4 is 0 Å². The molecule has 0 radical (unpaired) electrons. The fourth-order valence-electron chi connectivity index (χ4n) is 1.43. The van der Waals surface area contributed by atoms with Crippen LogP contribution in [0.3, 0.4) is 0 Å². The highest BCUT2D eigenvalue weighted by Gasteiger charge is 2.19. The van der Waals surface area contributed by atoms with Gasteiger partial charge in [-0.1, -0.05) is 4.98 Å². The third-order valence-corrected chi connectivity index (χ3v) is 2.29. The third-order valence-electron chi connectivity index (χ3n) is 2.29. The normalized spacial score (nSPS) is 10.5. The lowest BCUT2D eigenvalue weighted by atomic mass is 10.2. The molecule has 0 aliphatic heterocycles. The van der Waals surface area contributed by atoms with Crippen molar-refractivity contribution in [3.8, 4) is 0 Å². The first-order chi connectivity index (χ1) is 8.49. The highest BCUT2D eigenvalue weighted by molar-refractivity contribution is 5.88. The molecule has 0 fully saturated rings. The molecule has 0 atom stereocenters. The van der Waals surface area contributed by atoms with Gasteiger partial charge in [0, 0.05) is 12.1 Å². The first kappa shape index (κ1) is 11.7. The Balaban J connectivity index is 2.30. The lowest BCUT2D eigenvalue weighted by Gasteiger charge is -2.00. The van der Waals surface area contributed by atoms with Gasteiger partial charge in [0.2, 0.25) is 6.33 Å². The SMILES string of the molecule is Cn1ncc(C(=O)O)c1Cn1cnc([N+](=O)[O-])n1. The van der Waals surface area contributed by atoms with Gasteiger partial charge in [-0.05, 0) is 4.92 Å². The summed E-state index contributed by atoms with van der Waals surface area (Å²) >= 11 is 0. The minimum Gasteiger partial charge on any atom is -0.478 e. The topological polar surface area (TPSA) is 129 Å². The van der Waals surface area contributed by atoms with Crippen molar-refractivity contribution in [2.75, 3.05) is 0 Å². The maximum Gasteiger partial charge on any atom is 0.490 e. The van der Waals surface area contributed by atoms with Gasteiger partial charge in [0.15, 0.2) is 0 Å². The number of aromatic carboxylic acids is 1. The molecule has 10 heteroatoms.